The lowest BCUT2D eigenvalue weighted by Crippen LogP contribution is -2.34. The number of hydrogen-bond donors (Lipinski definition) is 1. The lowest BCUT2D eigenvalue weighted by Gasteiger charge is -2.27. The molecule has 1 aliphatic rings. The number of nitrogens with zero attached hydrogens (tertiary/aromatic N) is 2. The third kappa shape index (κ3) is 6.92. The summed E-state index contributed by atoms with van der Waals surface area (Å²) < 4.78 is 10.5. The van der Waals surface area contributed by atoms with Gasteiger partial charge in [0.05, 0.1) is 25.8 Å². The van der Waals surface area contributed by atoms with Gasteiger partial charge in [-0.2, -0.15) is 0 Å². The minimum absolute atomic E-state index is 0.106. The number of benzene rings is 2. The first-order valence-corrected chi connectivity index (χ1v) is 13.2. The Morgan fingerprint density at radius 1 is 0.838 bits per heavy atom. The highest BCUT2D eigenvalue weighted by atomic mass is 16.5. The number of unbranched alkanes of at least 4 members (excludes halogenated alkanes) is 2. The molecular weight excluding hydrogens is 468 g/mol. The summed E-state index contributed by atoms with van der Waals surface area (Å²) in [5.41, 5.74) is 1.32. The van der Waals surface area contributed by atoms with Gasteiger partial charge in [-0.3, -0.25) is 9.59 Å². The maximum absolute atomic E-state index is 13.3. The summed E-state index contributed by atoms with van der Waals surface area (Å²) in [4.78, 5) is 30.6. The Kier molecular flexibility index (Phi) is 10.6. The van der Waals surface area contributed by atoms with Crippen molar-refractivity contribution in [2.24, 2.45) is 0 Å². The molecule has 1 N–H and O–H groups in total. The normalized spacial score (nSPS) is 17.0. The number of rotatable bonds is 14. The van der Waals surface area contributed by atoms with Crippen LogP contribution in [0.5, 0.6) is 11.5 Å². The fraction of sp³-hybridized carbons (Fsp3) is 0.467. The highest BCUT2D eigenvalue weighted by Gasteiger charge is 2.45. The molecule has 2 aromatic carbocycles. The molecule has 0 saturated carbocycles. The van der Waals surface area contributed by atoms with E-state index in [4.69, 9.17) is 9.47 Å². The molecule has 1 aliphatic heterocycles. The average Bonchev–Trinajstić information content (AvgIpc) is 3.18. The highest BCUT2D eigenvalue weighted by Crippen LogP contribution is 2.40. The first kappa shape index (κ1) is 28.3. The molecular formula is C30H40N2O5. The maximum atomic E-state index is 13.3. The molecule has 3 rings (SSSR count). The quantitative estimate of drug-likeness (QED) is 0.209. The topological polar surface area (TPSA) is 79.3 Å². The number of methoxy groups -OCH3 is 2. The zero-order valence-electron chi connectivity index (χ0n) is 22.5. The van der Waals surface area contributed by atoms with E-state index in [0.29, 0.717) is 23.6 Å². The molecule has 2 aromatic rings. The number of hydrogen-bond acceptors (Lipinski definition) is 6. The lowest BCUT2D eigenvalue weighted by molar-refractivity contribution is -0.140. The minimum atomic E-state index is -0.673. The maximum Gasteiger partial charge on any atom is 0.295 e. The van der Waals surface area contributed by atoms with Crippen LogP contribution in [0.15, 0.2) is 54.1 Å². The van der Waals surface area contributed by atoms with Crippen LogP contribution in [0, 0.1) is 0 Å². The summed E-state index contributed by atoms with van der Waals surface area (Å²) in [7, 11) is 3.16. The van der Waals surface area contributed by atoms with Crippen LogP contribution in [-0.4, -0.2) is 67.0 Å². The van der Waals surface area contributed by atoms with E-state index < -0.39 is 17.7 Å². The van der Waals surface area contributed by atoms with E-state index >= 15 is 0 Å². The van der Waals surface area contributed by atoms with Gasteiger partial charge in [0.1, 0.15) is 17.3 Å². The third-order valence-electron chi connectivity index (χ3n) is 6.86. The van der Waals surface area contributed by atoms with Crippen molar-refractivity contribution in [3.8, 4) is 11.5 Å². The Bertz CT molecular complexity index is 1050. The number of ketones is 1. The number of aliphatic hydroxyl groups is 1. The first-order chi connectivity index (χ1) is 17.9. The second kappa shape index (κ2) is 13.8. The fourth-order valence-electron chi connectivity index (χ4n) is 4.71. The van der Waals surface area contributed by atoms with Gasteiger partial charge in [-0.15, -0.1) is 0 Å². The molecule has 0 aromatic heterocycles. The molecule has 1 saturated heterocycles. The number of Topliss-reactive ketones (excluding diaryl/α,β-unsaturated/α-hetero) is 1. The zero-order valence-corrected chi connectivity index (χ0v) is 22.5. The molecule has 7 heteroatoms. The smallest absolute Gasteiger partial charge is 0.295 e. The van der Waals surface area contributed by atoms with Gasteiger partial charge in [0.2, 0.25) is 0 Å². The number of carbonyl (C=O) groups excluding carboxylic acids is 2. The Morgan fingerprint density at radius 2 is 1.35 bits per heavy atom. The molecule has 200 valence electrons. The van der Waals surface area contributed by atoms with Gasteiger partial charge < -0.3 is 24.4 Å². The van der Waals surface area contributed by atoms with E-state index in [1.165, 1.54) is 0 Å². The van der Waals surface area contributed by atoms with Crippen LogP contribution in [0.1, 0.15) is 63.1 Å². The Hall–Kier alpha value is -3.32. The van der Waals surface area contributed by atoms with Crippen LogP contribution in [0.3, 0.4) is 0 Å². The zero-order chi connectivity index (χ0) is 26.8. The third-order valence-corrected chi connectivity index (χ3v) is 6.86. The summed E-state index contributed by atoms with van der Waals surface area (Å²) in [6, 6.07) is 13.4. The van der Waals surface area contributed by atoms with E-state index in [-0.39, 0.29) is 11.3 Å². The van der Waals surface area contributed by atoms with Crippen LogP contribution in [-0.2, 0) is 9.59 Å². The standard InChI is InChI=1S/C30H40N2O5/c1-5-7-18-31(19-8-6-2)20-9-21-32-27(22-10-14-24(36-3)15-11-22)26(29(34)30(32)35)28(33)23-12-16-25(37-4)17-13-23/h10-17,27,33H,5-9,18-21H2,1-4H3/t27-/m0/s1. The molecule has 0 bridgehead atoms. The molecule has 0 unspecified atom stereocenters. The number of likely N-dealkylation sites (tertiary alicyclic amines) is 1. The molecule has 1 fully saturated rings. The predicted molar refractivity (Wildman–Crippen MR) is 146 cm³/mol. The number of carbonyl (C=O) groups is 2. The van der Waals surface area contributed by atoms with Gasteiger partial charge in [-0.25, -0.2) is 0 Å². The van der Waals surface area contributed by atoms with Gasteiger partial charge in [0.15, 0.2) is 0 Å². The predicted octanol–water partition coefficient (Wildman–Crippen LogP) is 5.42. The van der Waals surface area contributed by atoms with E-state index in [2.05, 4.69) is 18.7 Å². The largest absolute Gasteiger partial charge is 0.507 e. The van der Waals surface area contributed by atoms with Gasteiger partial charge in [0.25, 0.3) is 11.7 Å². The number of aliphatic hydroxyl groups excluding tert-OH is 1. The van der Waals surface area contributed by atoms with Crippen LogP contribution >= 0.6 is 0 Å². The van der Waals surface area contributed by atoms with E-state index in [0.717, 1.165) is 57.3 Å². The Labute approximate surface area is 220 Å². The molecule has 1 atom stereocenters. The van der Waals surface area contributed by atoms with Gasteiger partial charge in [-0.05, 0) is 80.9 Å². The van der Waals surface area contributed by atoms with Crippen LogP contribution < -0.4 is 9.47 Å². The molecule has 1 heterocycles. The summed E-state index contributed by atoms with van der Waals surface area (Å²) in [5.74, 6) is -0.109. The van der Waals surface area contributed by atoms with E-state index in [9.17, 15) is 14.7 Å². The summed E-state index contributed by atoms with van der Waals surface area (Å²) in [6.07, 6.45) is 5.31. The van der Waals surface area contributed by atoms with Gasteiger partial charge in [0, 0.05) is 12.1 Å². The second-order valence-corrected chi connectivity index (χ2v) is 9.40. The van der Waals surface area contributed by atoms with Crippen LogP contribution in [0.2, 0.25) is 0 Å². The van der Waals surface area contributed by atoms with Crippen molar-refractivity contribution < 1.29 is 24.2 Å². The van der Waals surface area contributed by atoms with Crippen molar-refractivity contribution >= 4 is 17.4 Å². The summed E-state index contributed by atoms with van der Waals surface area (Å²) in [6.45, 7) is 7.74. The van der Waals surface area contributed by atoms with Gasteiger partial charge >= 0.3 is 0 Å². The molecule has 0 spiro atoms. The monoisotopic (exact) mass is 508 g/mol. The average molecular weight is 509 g/mol. The van der Waals surface area contributed by atoms with Crippen molar-refractivity contribution in [1.82, 2.24) is 9.80 Å². The van der Waals surface area contributed by atoms with Gasteiger partial charge in [-0.1, -0.05) is 38.8 Å². The molecule has 37 heavy (non-hydrogen) atoms. The molecule has 0 radical (unpaired) electrons. The minimum Gasteiger partial charge on any atom is -0.507 e. The van der Waals surface area contributed by atoms with E-state index in [1.54, 1.807) is 55.5 Å². The second-order valence-electron chi connectivity index (χ2n) is 9.40. The SMILES string of the molecule is CCCCN(CCCC)CCCN1C(=O)C(=O)C(=C(O)c2ccc(OC)cc2)[C@@H]1c1ccc(OC)cc1. The Balaban J connectivity index is 1.92. The van der Waals surface area contributed by atoms with Crippen molar-refractivity contribution in [2.75, 3.05) is 40.4 Å². The number of ether oxygens (including phenoxy) is 2. The van der Waals surface area contributed by atoms with Crippen molar-refractivity contribution in [3.05, 3.63) is 65.2 Å². The Morgan fingerprint density at radius 3 is 1.86 bits per heavy atom. The van der Waals surface area contributed by atoms with Crippen molar-refractivity contribution in [2.45, 2.75) is 52.0 Å². The van der Waals surface area contributed by atoms with Crippen LogP contribution in [0.4, 0.5) is 0 Å². The molecule has 7 nitrogen and oxygen atoms in total. The molecule has 1 amide bonds. The fourth-order valence-corrected chi connectivity index (χ4v) is 4.71. The first-order valence-electron chi connectivity index (χ1n) is 13.2. The summed E-state index contributed by atoms with van der Waals surface area (Å²) in [5, 5.41) is 11.2. The van der Waals surface area contributed by atoms with Crippen LogP contribution in [0.25, 0.3) is 5.76 Å². The number of amides is 1. The highest BCUT2D eigenvalue weighted by molar-refractivity contribution is 6.46. The van der Waals surface area contributed by atoms with E-state index in [1.807, 2.05) is 12.1 Å². The van der Waals surface area contributed by atoms with Crippen molar-refractivity contribution in [3.63, 3.8) is 0 Å². The molecule has 0 aliphatic carbocycles. The lowest BCUT2D eigenvalue weighted by atomic mass is 9.95. The van der Waals surface area contributed by atoms with Crippen molar-refractivity contribution in [1.29, 1.82) is 0 Å². The summed E-state index contributed by atoms with van der Waals surface area (Å²) >= 11 is 0.